The third-order valence-electron chi connectivity index (χ3n) is 19.3. The Labute approximate surface area is 582 Å². The lowest BCUT2D eigenvalue weighted by Crippen LogP contribution is -2.53. The number of nitrogens with zero attached hydrogens (tertiary/aromatic N) is 3. The van der Waals surface area contributed by atoms with Crippen molar-refractivity contribution < 1.29 is 61.6 Å². The van der Waals surface area contributed by atoms with E-state index in [2.05, 4.69) is 149 Å². The zero-order valence-corrected chi connectivity index (χ0v) is 65.9. The fraction of sp³-hybridized carbons (Fsp3) is 0.918. The fourth-order valence-electron chi connectivity index (χ4n) is 12.2. The van der Waals surface area contributed by atoms with Crippen LogP contribution in [0.4, 0.5) is 0 Å². The van der Waals surface area contributed by atoms with Crippen LogP contribution in [0.3, 0.4) is 0 Å². The Kier molecular flexibility index (Phi) is 38.5. The molecule has 8 fully saturated rings. The van der Waals surface area contributed by atoms with Gasteiger partial charge in [0.15, 0.2) is 0 Å². The number of nitrogens with two attached hydrogens (primary N) is 3. The Morgan fingerprint density at radius 1 is 0.453 bits per heavy atom. The van der Waals surface area contributed by atoms with Gasteiger partial charge < -0.3 is 75.7 Å². The Balaban J connectivity index is 0.000000542. The highest BCUT2D eigenvalue weighted by Gasteiger charge is 2.38. The number of halogens is 1. The van der Waals surface area contributed by atoms with Crippen molar-refractivity contribution in [1.29, 1.82) is 0 Å². The SMILES string of the molecule is CC1(C)C[C@H](O)[C@@H](N)CO1.CS(=O)(=O)Cl.C[C@@H](N[C@H]1COC(C)(C)C[C@@H]1O)c1ccccc1.C[C@@H]1CC(C)(C)OC[C@@H]1C.C[C@@H]1CC(C)(C)OC[C@@H]1N.C[C@H]1COC(C)(C)C[C@@H]1C.C[C@H]1COC(C)(C)C[C@@H]1O.C[C@H]1COC(C)(C)C[C@H]1N.C[C@H]1COC(C)(C)C[C@H]1N=[N+]=[N-]. The van der Waals surface area contributed by atoms with Gasteiger partial charge in [0, 0.05) is 64.9 Å². The second-order valence-electron chi connectivity index (χ2n) is 34.1. The van der Waals surface area contributed by atoms with Gasteiger partial charge in [0.2, 0.25) is 9.05 Å². The van der Waals surface area contributed by atoms with Crippen LogP contribution >= 0.6 is 10.7 Å². The van der Waals surface area contributed by atoms with Crippen molar-refractivity contribution in [2.24, 2.45) is 69.7 Å². The second-order valence-corrected chi connectivity index (χ2v) is 37.1. The summed E-state index contributed by atoms with van der Waals surface area (Å²) in [7, 11) is 1.31. The fourth-order valence-corrected chi connectivity index (χ4v) is 12.2. The third-order valence-corrected chi connectivity index (χ3v) is 19.3. The van der Waals surface area contributed by atoms with Crippen LogP contribution in [0.2, 0.25) is 0 Å². The van der Waals surface area contributed by atoms with Gasteiger partial charge in [-0.15, -0.1) is 0 Å². The van der Waals surface area contributed by atoms with E-state index in [1.165, 1.54) is 18.4 Å². The summed E-state index contributed by atoms with van der Waals surface area (Å²) in [6.07, 6.45) is 7.35. The van der Waals surface area contributed by atoms with Gasteiger partial charge >= 0.3 is 0 Å². The van der Waals surface area contributed by atoms with E-state index >= 15 is 0 Å². The van der Waals surface area contributed by atoms with Crippen LogP contribution in [-0.4, -0.2) is 176 Å². The monoisotopic (exact) mass is 1390 g/mol. The van der Waals surface area contributed by atoms with Crippen molar-refractivity contribution >= 4 is 19.7 Å². The highest BCUT2D eigenvalue weighted by atomic mass is 35.7. The molecule has 8 saturated heterocycles. The van der Waals surface area contributed by atoms with Gasteiger partial charge in [-0.25, -0.2) is 8.42 Å². The van der Waals surface area contributed by atoms with E-state index in [4.69, 9.17) is 60.6 Å². The van der Waals surface area contributed by atoms with E-state index in [1.807, 2.05) is 80.5 Å². The maximum Gasteiger partial charge on any atom is 0.229 e. The van der Waals surface area contributed by atoms with Crippen molar-refractivity contribution in [1.82, 2.24) is 5.32 Å². The molecule has 0 radical (unpaired) electrons. The number of hydrogen-bond acceptors (Lipinski definition) is 18. The second kappa shape index (κ2) is 40.1. The molecule has 0 spiro atoms. The minimum Gasteiger partial charge on any atom is -0.393 e. The van der Waals surface area contributed by atoms with Crippen LogP contribution in [0, 0.1) is 47.3 Å². The maximum absolute atomic E-state index is 10.2. The minimum atomic E-state index is -3.19. The Hall–Kier alpha value is -1.83. The first-order chi connectivity index (χ1) is 43.1. The van der Waals surface area contributed by atoms with Gasteiger partial charge in [-0.2, -0.15) is 0 Å². The molecule has 0 amide bonds. The molecule has 1 aromatic carbocycles. The quantitative estimate of drug-likeness (QED) is 0.0638. The van der Waals surface area contributed by atoms with Crippen LogP contribution < -0.4 is 22.5 Å². The Bertz CT molecular complexity index is 2210. The van der Waals surface area contributed by atoms with Gasteiger partial charge in [0.25, 0.3) is 0 Å². The topological polar surface area (TPSA) is 308 Å². The largest absolute Gasteiger partial charge is 0.393 e. The molecule has 560 valence electrons. The van der Waals surface area contributed by atoms with E-state index in [0.717, 1.165) is 75.4 Å². The van der Waals surface area contributed by atoms with Gasteiger partial charge in [-0.05, 0) is 202 Å². The van der Waals surface area contributed by atoms with Crippen LogP contribution in [0.1, 0.15) is 236 Å². The van der Waals surface area contributed by atoms with Crippen molar-refractivity contribution in [3.8, 4) is 0 Å². The molecule has 0 bridgehead atoms. The first-order valence-electron chi connectivity index (χ1n) is 35.3. The van der Waals surface area contributed by atoms with E-state index in [9.17, 15) is 23.7 Å². The molecule has 8 heterocycles. The first-order valence-corrected chi connectivity index (χ1v) is 38.0. The highest BCUT2D eigenvalue weighted by molar-refractivity contribution is 8.13. The predicted molar refractivity (Wildman–Crippen MR) is 388 cm³/mol. The van der Waals surface area contributed by atoms with Gasteiger partial charge in [0.05, 0.1) is 134 Å². The van der Waals surface area contributed by atoms with Crippen molar-refractivity contribution in [2.75, 3.05) is 59.1 Å². The summed E-state index contributed by atoms with van der Waals surface area (Å²) in [5.41, 5.74) is 26.4. The standard InChI is InChI=1S/C15H23NO2.2C9H18O.C8H15N3O.2C8H17NO.C8H16O2.C7H15NO2.CH3ClO2S/c1-11(12-7-5-4-6-8-12)16-13-10-18-15(2,3)9-14(13)17;2*1-7-5-9(3,4)10-6-8(7)2;1-6-5-12-8(2,3)4-7(6)10-11-9;1-6-5-10-8(2,3)4-7(6)9;1-6-4-8(2,3)10-5-7(6)9;1-6-5-10-8(2,3)4-7(6)9;1-7(2)3-6(9)5(8)4-10-7;1-5(2,3)4/h4-8,11,13-14,16-17H,9-10H2,1-3H3;2*7-8H,5-6H2,1-4H3;6-7H,4-5H2,1-3H3;2*6-7H,4-5,9H2,1-3H3;6-7,9H,4-5H2,1-3H3;5-6,9H,3-4,8H2,1-2H3;1H3/t11-,13+,14+;7-,8+;7-,8-;3*6-,7+;6-,7-;5-,6-;/m11000100./s1. The van der Waals surface area contributed by atoms with E-state index < -0.39 is 15.2 Å². The smallest absolute Gasteiger partial charge is 0.229 e. The normalized spacial score (nSPS) is 35.4. The Morgan fingerprint density at radius 2 is 0.779 bits per heavy atom. The molecule has 95 heavy (non-hydrogen) atoms. The lowest BCUT2D eigenvalue weighted by atomic mass is 9.83. The van der Waals surface area contributed by atoms with Gasteiger partial charge in [0.1, 0.15) is 0 Å². The molecule has 8 aliphatic heterocycles. The lowest BCUT2D eigenvalue weighted by Gasteiger charge is -2.39. The van der Waals surface area contributed by atoms with Crippen LogP contribution in [-0.2, 0) is 46.9 Å². The molecular weight excluding hydrogens is 1250 g/mol. The molecule has 1 aromatic rings. The van der Waals surface area contributed by atoms with E-state index in [-0.39, 0.29) is 87.2 Å². The zero-order valence-electron chi connectivity index (χ0n) is 64.3. The molecule has 0 saturated carbocycles. The number of nitrogens with one attached hydrogen (secondary N) is 1. The molecule has 22 heteroatoms. The van der Waals surface area contributed by atoms with Crippen LogP contribution in [0.5, 0.6) is 0 Å². The van der Waals surface area contributed by atoms with Crippen molar-refractivity contribution in [3.63, 3.8) is 0 Å². The minimum absolute atomic E-state index is 0.00588. The molecule has 20 nitrogen and oxygen atoms in total. The van der Waals surface area contributed by atoms with Crippen molar-refractivity contribution in [2.45, 2.75) is 324 Å². The summed E-state index contributed by atoms with van der Waals surface area (Å²) >= 11 is 0. The third kappa shape index (κ3) is 39.8. The molecular formula is C73H142ClN7O13S. The molecule has 8 aliphatic rings. The zero-order chi connectivity index (χ0) is 73.5. The summed E-state index contributed by atoms with van der Waals surface area (Å²) in [6.45, 7) is 58.7. The number of hydrogen-bond donors (Lipinski definition) is 7. The summed E-state index contributed by atoms with van der Waals surface area (Å²) in [6, 6.07) is 11.0. The van der Waals surface area contributed by atoms with Gasteiger partial charge in [-0.3, -0.25) is 0 Å². The van der Waals surface area contributed by atoms with Crippen LogP contribution in [0.25, 0.3) is 10.4 Å². The van der Waals surface area contributed by atoms with E-state index in [1.54, 1.807) is 0 Å². The van der Waals surface area contributed by atoms with Gasteiger partial charge in [-0.1, -0.05) is 90.8 Å². The molecule has 17 atom stereocenters. The average molecular weight is 1390 g/mol. The van der Waals surface area contributed by atoms with Crippen LogP contribution in [0.15, 0.2) is 35.4 Å². The summed E-state index contributed by atoms with van der Waals surface area (Å²) in [5.74, 6) is 4.90. The molecule has 0 aromatic heterocycles. The number of ether oxygens (including phenoxy) is 8. The number of aliphatic hydroxyl groups is 3. The first kappa shape index (κ1) is 91.2. The van der Waals surface area contributed by atoms with Crippen molar-refractivity contribution in [3.05, 3.63) is 46.3 Å². The molecule has 9 rings (SSSR count). The Morgan fingerprint density at radius 3 is 1.11 bits per heavy atom. The summed E-state index contributed by atoms with van der Waals surface area (Å²) in [4.78, 5) is 2.84. The number of aliphatic hydroxyl groups excluding tert-OH is 3. The summed E-state index contributed by atoms with van der Waals surface area (Å²) in [5, 5.41) is 36.1. The molecule has 0 unspecified atom stereocenters. The highest BCUT2D eigenvalue weighted by Crippen LogP contribution is 2.35. The lowest BCUT2D eigenvalue weighted by molar-refractivity contribution is -0.124. The summed E-state index contributed by atoms with van der Waals surface area (Å²) < 4.78 is 63.4. The molecule has 10 N–H and O–H groups in total. The number of azide groups is 1. The molecule has 0 aliphatic carbocycles. The predicted octanol–water partition coefficient (Wildman–Crippen LogP) is 13.2. The number of benzene rings is 1. The number of rotatable bonds is 4. The average Bonchev–Trinajstić information content (AvgIpc) is 0.908. The maximum atomic E-state index is 10.2. The van der Waals surface area contributed by atoms with E-state index in [0.29, 0.717) is 75.6 Å².